The molecule has 0 saturated carbocycles. The summed E-state index contributed by atoms with van der Waals surface area (Å²) in [4.78, 5) is 2.06. The van der Waals surface area contributed by atoms with Crippen LogP contribution in [0.4, 0.5) is 8.78 Å². The number of nitrogens with zero attached hydrogens (tertiary/aromatic N) is 1. The summed E-state index contributed by atoms with van der Waals surface area (Å²) in [6, 6.07) is 13.0. The molecule has 0 N–H and O–H groups in total. The quantitative estimate of drug-likeness (QED) is 0.798. The molecule has 0 aliphatic rings. The highest BCUT2D eigenvalue weighted by Gasteiger charge is 2.03. The van der Waals surface area contributed by atoms with E-state index in [1.807, 2.05) is 13.1 Å². The van der Waals surface area contributed by atoms with E-state index in [1.54, 1.807) is 18.2 Å². The summed E-state index contributed by atoms with van der Waals surface area (Å²) in [6.45, 7) is 1.37. The van der Waals surface area contributed by atoms with Crippen LogP contribution in [0.2, 0.25) is 0 Å². The molecule has 0 radical (unpaired) electrons. The van der Waals surface area contributed by atoms with E-state index in [0.717, 1.165) is 11.1 Å². The summed E-state index contributed by atoms with van der Waals surface area (Å²) in [7, 11) is 1.95. The highest BCUT2D eigenvalue weighted by molar-refractivity contribution is 5.18. The monoisotopic (exact) mass is 247 g/mol. The highest BCUT2D eigenvalue weighted by Crippen LogP contribution is 2.10. The maximum Gasteiger partial charge on any atom is 0.123 e. The maximum atomic E-state index is 13.0. The molecule has 0 amide bonds. The first-order valence-corrected chi connectivity index (χ1v) is 5.81. The molecule has 0 aliphatic carbocycles. The summed E-state index contributed by atoms with van der Waals surface area (Å²) in [5.41, 5.74) is 1.97. The van der Waals surface area contributed by atoms with Crippen molar-refractivity contribution in [2.24, 2.45) is 0 Å². The Balaban J connectivity index is 1.96. The van der Waals surface area contributed by atoms with Crippen LogP contribution < -0.4 is 0 Å². The van der Waals surface area contributed by atoms with Gasteiger partial charge in [0.2, 0.25) is 0 Å². The first-order chi connectivity index (χ1) is 8.63. The summed E-state index contributed by atoms with van der Waals surface area (Å²) < 4.78 is 25.8. The molecule has 2 aromatic carbocycles. The normalized spacial score (nSPS) is 10.9. The van der Waals surface area contributed by atoms with Crippen molar-refractivity contribution >= 4 is 0 Å². The van der Waals surface area contributed by atoms with Gasteiger partial charge in [-0.1, -0.05) is 24.3 Å². The zero-order chi connectivity index (χ0) is 13.0. The van der Waals surface area contributed by atoms with Gasteiger partial charge < -0.3 is 0 Å². The Hall–Kier alpha value is -1.74. The number of rotatable bonds is 4. The largest absolute Gasteiger partial charge is 0.298 e. The first kappa shape index (κ1) is 12.7. The highest BCUT2D eigenvalue weighted by atomic mass is 19.1. The third kappa shape index (κ3) is 3.64. The average molecular weight is 247 g/mol. The van der Waals surface area contributed by atoms with Crippen molar-refractivity contribution < 1.29 is 8.78 Å². The minimum absolute atomic E-state index is 0.220. The second-order valence-corrected chi connectivity index (χ2v) is 4.43. The fourth-order valence-electron chi connectivity index (χ4n) is 1.90. The van der Waals surface area contributed by atoms with Crippen LogP contribution in [0.1, 0.15) is 11.1 Å². The average Bonchev–Trinajstić information content (AvgIpc) is 2.32. The minimum Gasteiger partial charge on any atom is -0.298 e. The van der Waals surface area contributed by atoms with Crippen molar-refractivity contribution in [3.05, 3.63) is 71.3 Å². The predicted molar refractivity (Wildman–Crippen MR) is 68.0 cm³/mol. The van der Waals surface area contributed by atoms with Gasteiger partial charge in [0.15, 0.2) is 0 Å². The van der Waals surface area contributed by atoms with E-state index in [2.05, 4.69) is 4.90 Å². The maximum absolute atomic E-state index is 13.0. The number of halogens is 2. The van der Waals surface area contributed by atoms with Gasteiger partial charge in [-0.3, -0.25) is 4.90 Å². The minimum atomic E-state index is -0.230. The van der Waals surface area contributed by atoms with Crippen LogP contribution in [0, 0.1) is 11.6 Å². The molecule has 0 aliphatic heterocycles. The van der Waals surface area contributed by atoms with Crippen LogP contribution in [0.15, 0.2) is 48.5 Å². The van der Waals surface area contributed by atoms with E-state index in [0.29, 0.717) is 13.1 Å². The molecule has 0 spiro atoms. The van der Waals surface area contributed by atoms with Gasteiger partial charge in [0.05, 0.1) is 0 Å². The predicted octanol–water partition coefficient (Wildman–Crippen LogP) is 3.60. The Morgan fingerprint density at radius 3 is 2.17 bits per heavy atom. The van der Waals surface area contributed by atoms with Crippen molar-refractivity contribution in [3.63, 3.8) is 0 Å². The fourth-order valence-corrected chi connectivity index (χ4v) is 1.90. The molecule has 0 heterocycles. The standard InChI is InChI=1S/C15H15F2N/c1-18(10-12-5-7-14(16)8-6-12)11-13-3-2-4-15(17)9-13/h2-9H,10-11H2,1H3. The molecule has 94 valence electrons. The summed E-state index contributed by atoms with van der Waals surface area (Å²) in [5, 5.41) is 0. The second-order valence-electron chi connectivity index (χ2n) is 4.43. The molecule has 18 heavy (non-hydrogen) atoms. The van der Waals surface area contributed by atoms with Crippen LogP contribution in [0.3, 0.4) is 0 Å². The lowest BCUT2D eigenvalue weighted by molar-refractivity contribution is 0.318. The van der Waals surface area contributed by atoms with Gasteiger partial charge in [0.25, 0.3) is 0 Å². The smallest absolute Gasteiger partial charge is 0.123 e. The van der Waals surface area contributed by atoms with Gasteiger partial charge in [-0.25, -0.2) is 8.78 Å². The van der Waals surface area contributed by atoms with Crippen LogP contribution >= 0.6 is 0 Å². The van der Waals surface area contributed by atoms with E-state index in [4.69, 9.17) is 0 Å². The molecule has 3 heteroatoms. The zero-order valence-electron chi connectivity index (χ0n) is 10.2. The van der Waals surface area contributed by atoms with Gasteiger partial charge in [0, 0.05) is 13.1 Å². The zero-order valence-corrected chi connectivity index (χ0v) is 10.2. The van der Waals surface area contributed by atoms with E-state index in [1.165, 1.54) is 24.3 Å². The molecule has 2 rings (SSSR count). The molecule has 0 atom stereocenters. The van der Waals surface area contributed by atoms with Crippen molar-refractivity contribution in [3.8, 4) is 0 Å². The van der Waals surface area contributed by atoms with Crippen LogP contribution in [-0.4, -0.2) is 11.9 Å². The molecule has 0 fully saturated rings. The van der Waals surface area contributed by atoms with Crippen molar-refractivity contribution in [1.29, 1.82) is 0 Å². The van der Waals surface area contributed by atoms with Gasteiger partial charge >= 0.3 is 0 Å². The molecule has 1 nitrogen and oxygen atoms in total. The van der Waals surface area contributed by atoms with Crippen LogP contribution in [-0.2, 0) is 13.1 Å². The lowest BCUT2D eigenvalue weighted by Crippen LogP contribution is -2.17. The molecule has 0 unspecified atom stereocenters. The number of hydrogen-bond donors (Lipinski definition) is 0. The Morgan fingerprint density at radius 1 is 0.833 bits per heavy atom. The first-order valence-electron chi connectivity index (χ1n) is 5.81. The summed E-state index contributed by atoms with van der Waals surface area (Å²) in [5.74, 6) is -0.450. The Labute approximate surface area is 106 Å². The third-order valence-corrected chi connectivity index (χ3v) is 2.71. The molecular formula is C15H15F2N. The summed E-state index contributed by atoms with van der Waals surface area (Å²) >= 11 is 0. The second kappa shape index (κ2) is 5.74. The number of benzene rings is 2. The third-order valence-electron chi connectivity index (χ3n) is 2.71. The van der Waals surface area contributed by atoms with Gasteiger partial charge in [-0.2, -0.15) is 0 Å². The molecule has 2 aromatic rings. The lowest BCUT2D eigenvalue weighted by Gasteiger charge is -2.16. The van der Waals surface area contributed by atoms with E-state index >= 15 is 0 Å². The fraction of sp³-hybridized carbons (Fsp3) is 0.200. The Bertz CT molecular complexity index is 508. The van der Waals surface area contributed by atoms with Crippen LogP contribution in [0.5, 0.6) is 0 Å². The van der Waals surface area contributed by atoms with Gasteiger partial charge in [-0.05, 0) is 42.4 Å². The van der Waals surface area contributed by atoms with E-state index in [9.17, 15) is 8.78 Å². The van der Waals surface area contributed by atoms with Crippen molar-refractivity contribution in [2.45, 2.75) is 13.1 Å². The van der Waals surface area contributed by atoms with Gasteiger partial charge in [-0.15, -0.1) is 0 Å². The molecule has 0 aromatic heterocycles. The molecule has 0 saturated heterocycles. The van der Waals surface area contributed by atoms with E-state index in [-0.39, 0.29) is 11.6 Å². The lowest BCUT2D eigenvalue weighted by atomic mass is 10.2. The summed E-state index contributed by atoms with van der Waals surface area (Å²) in [6.07, 6.45) is 0. The van der Waals surface area contributed by atoms with E-state index < -0.39 is 0 Å². The Morgan fingerprint density at radius 2 is 1.50 bits per heavy atom. The van der Waals surface area contributed by atoms with Gasteiger partial charge in [0.1, 0.15) is 11.6 Å². The topological polar surface area (TPSA) is 3.24 Å². The molecule has 0 bridgehead atoms. The van der Waals surface area contributed by atoms with Crippen LogP contribution in [0.25, 0.3) is 0 Å². The molecular weight excluding hydrogens is 232 g/mol. The Kier molecular flexibility index (Phi) is 4.05. The van der Waals surface area contributed by atoms with Crippen molar-refractivity contribution in [1.82, 2.24) is 4.90 Å². The van der Waals surface area contributed by atoms with Crippen molar-refractivity contribution in [2.75, 3.05) is 7.05 Å². The SMILES string of the molecule is CN(Cc1ccc(F)cc1)Cc1cccc(F)c1. The number of hydrogen-bond acceptors (Lipinski definition) is 1.